The minimum absolute atomic E-state index is 0.0285. The van der Waals surface area contributed by atoms with E-state index < -0.39 is 94.3 Å². The first-order valence-corrected chi connectivity index (χ1v) is 19.2. The van der Waals surface area contributed by atoms with Crippen molar-refractivity contribution >= 4 is 68.2 Å². The minimum atomic E-state index is -5.28. The van der Waals surface area contributed by atoms with Crippen LogP contribution < -0.4 is 9.08 Å². The maximum atomic E-state index is 13.9. The Kier molecular flexibility index (Phi) is 15.2. The lowest BCUT2D eigenvalue weighted by Crippen LogP contribution is -2.31. The van der Waals surface area contributed by atoms with Crippen molar-refractivity contribution in [3.8, 4) is 5.75 Å². The van der Waals surface area contributed by atoms with Gasteiger partial charge in [-0.1, -0.05) is 0 Å². The molecule has 0 fully saturated rings. The normalized spacial score (nSPS) is 14.7. The number of ether oxygens (including phenoxy) is 4. The standard InChI is InChI=1S/C38H38N4O18S/c1-56-31(44)11-15-39(16-12-32(45)57-2)22-5-8-25(28(43)20-22)35-37(48)36(38(35)49)26-9-6-23(40(17-13-33(46)58-3)18-14-34(47)59-4)21-29(26)60-61(54,55)30-10-7-24(41(50)51)19-27(30)42(52)53/h5-10,19-21,48H,11-18H2,1-4H3/b35-25+. The van der Waals surface area contributed by atoms with Crippen LogP contribution in [0.1, 0.15) is 31.2 Å². The van der Waals surface area contributed by atoms with Gasteiger partial charge in [-0.3, -0.25) is 49.0 Å². The van der Waals surface area contributed by atoms with Gasteiger partial charge in [-0.05, 0) is 30.4 Å². The van der Waals surface area contributed by atoms with Gasteiger partial charge < -0.3 is 38.0 Å². The topological polar surface area (TPSA) is 296 Å². The molecule has 1 N–H and O–H groups in total. The summed E-state index contributed by atoms with van der Waals surface area (Å²) >= 11 is 0. The van der Waals surface area contributed by atoms with Crippen LogP contribution in [0.15, 0.2) is 82.1 Å². The molecule has 0 unspecified atom stereocenters. The first-order valence-electron chi connectivity index (χ1n) is 17.8. The van der Waals surface area contributed by atoms with Crippen LogP contribution in [0.3, 0.4) is 0 Å². The Labute approximate surface area is 346 Å². The average Bonchev–Trinajstić information content (AvgIpc) is 3.23. The lowest BCUT2D eigenvalue weighted by molar-refractivity contribution is -0.396. The summed E-state index contributed by atoms with van der Waals surface area (Å²) in [4.78, 5) is 98.0. The quantitative estimate of drug-likeness (QED) is 0.0499. The summed E-state index contributed by atoms with van der Waals surface area (Å²) in [7, 11) is -0.614. The third-order valence-corrected chi connectivity index (χ3v) is 10.5. The van der Waals surface area contributed by atoms with Gasteiger partial charge in [0, 0.05) is 66.9 Å². The van der Waals surface area contributed by atoms with Crippen LogP contribution in [-0.2, 0) is 57.8 Å². The SMILES string of the molecule is COC(=O)CCN(CCC(=O)OC)C1=CC(=O)/C(=C2/C(=O)C(c3ccc(N(CCC(=O)OC)CCC(=O)OC)cc3OS(=O)(=O)c3ccc([N+](=O)[O-])cc3[N+](=O)[O-])=C2O)C=C1. The zero-order chi connectivity index (χ0) is 45.2. The van der Waals surface area contributed by atoms with Crippen LogP contribution in [0.4, 0.5) is 17.1 Å². The van der Waals surface area contributed by atoms with Gasteiger partial charge in [0.2, 0.25) is 5.78 Å². The molecule has 0 saturated heterocycles. The van der Waals surface area contributed by atoms with E-state index in [-0.39, 0.29) is 74.4 Å². The van der Waals surface area contributed by atoms with E-state index in [1.165, 1.54) is 42.2 Å². The molecule has 2 aliphatic carbocycles. The number of benzene rings is 2. The summed E-state index contributed by atoms with van der Waals surface area (Å²) in [6, 6.07) is 5.20. The highest BCUT2D eigenvalue weighted by atomic mass is 32.2. The van der Waals surface area contributed by atoms with Gasteiger partial charge in [-0.2, -0.15) is 8.42 Å². The number of anilines is 1. The second-order valence-electron chi connectivity index (χ2n) is 12.8. The zero-order valence-electron chi connectivity index (χ0n) is 32.9. The Morgan fingerprint density at radius 1 is 0.705 bits per heavy atom. The predicted molar refractivity (Wildman–Crippen MR) is 208 cm³/mol. The van der Waals surface area contributed by atoms with Crippen LogP contribution in [0.25, 0.3) is 5.57 Å². The van der Waals surface area contributed by atoms with E-state index >= 15 is 0 Å². The number of nitrogens with zero attached hydrogens (tertiary/aromatic N) is 4. The van der Waals surface area contributed by atoms with Crippen LogP contribution in [0.2, 0.25) is 0 Å². The number of carbonyl (C=O) groups is 6. The third kappa shape index (κ3) is 11.0. The zero-order valence-corrected chi connectivity index (χ0v) is 33.8. The van der Waals surface area contributed by atoms with Crippen LogP contribution in [-0.4, -0.2) is 118 Å². The highest BCUT2D eigenvalue weighted by molar-refractivity contribution is 7.87. The summed E-state index contributed by atoms with van der Waals surface area (Å²) in [6.07, 6.45) is 3.07. The molecule has 0 radical (unpaired) electrons. The molecule has 2 aromatic rings. The summed E-state index contributed by atoms with van der Waals surface area (Å²) in [6.45, 7) is -0.167. The van der Waals surface area contributed by atoms with Crippen LogP contribution in [0, 0.1) is 20.2 Å². The molecule has 22 nitrogen and oxygen atoms in total. The Bertz CT molecular complexity index is 2380. The minimum Gasteiger partial charge on any atom is -0.506 e. The number of methoxy groups -OCH3 is 4. The number of hydrogen-bond donors (Lipinski definition) is 1. The van der Waals surface area contributed by atoms with Crippen molar-refractivity contribution in [1.82, 2.24) is 4.90 Å². The maximum Gasteiger partial charge on any atom is 0.346 e. The van der Waals surface area contributed by atoms with Crippen molar-refractivity contribution in [2.24, 2.45) is 0 Å². The van der Waals surface area contributed by atoms with Gasteiger partial charge in [0.25, 0.3) is 11.4 Å². The lowest BCUT2D eigenvalue weighted by atomic mass is 9.79. The molecule has 0 atom stereocenters. The molecule has 4 rings (SSSR count). The number of aliphatic hydroxyl groups is 1. The Morgan fingerprint density at radius 2 is 1.23 bits per heavy atom. The average molecular weight is 871 g/mol. The fourth-order valence-electron chi connectivity index (χ4n) is 5.99. The van der Waals surface area contributed by atoms with E-state index in [9.17, 15) is 62.5 Å². The molecule has 0 aromatic heterocycles. The molecular weight excluding hydrogens is 832 g/mol. The fourth-order valence-corrected chi connectivity index (χ4v) is 7.08. The Hall–Kier alpha value is -7.43. The van der Waals surface area contributed by atoms with Crippen molar-refractivity contribution in [3.63, 3.8) is 0 Å². The van der Waals surface area contributed by atoms with Crippen molar-refractivity contribution < 1.29 is 75.3 Å². The van der Waals surface area contributed by atoms with Crippen molar-refractivity contribution in [3.05, 3.63) is 103 Å². The molecular formula is C38H38N4O18S. The molecule has 0 amide bonds. The number of allylic oxidation sites excluding steroid dienone is 6. The number of nitro benzene ring substituents is 2. The highest BCUT2D eigenvalue weighted by Crippen LogP contribution is 2.44. The first kappa shape index (κ1) is 46.3. The third-order valence-electron chi connectivity index (χ3n) is 9.20. The predicted octanol–water partition coefficient (Wildman–Crippen LogP) is 2.80. The second-order valence-corrected chi connectivity index (χ2v) is 14.3. The smallest absolute Gasteiger partial charge is 0.346 e. The van der Waals surface area contributed by atoms with Crippen molar-refractivity contribution in [2.45, 2.75) is 30.6 Å². The number of ketones is 2. The van der Waals surface area contributed by atoms with E-state index in [1.807, 2.05) is 0 Å². The number of aliphatic hydroxyl groups excluding tert-OH is 1. The van der Waals surface area contributed by atoms with Crippen molar-refractivity contribution in [1.29, 1.82) is 0 Å². The molecule has 0 bridgehead atoms. The van der Waals surface area contributed by atoms with Gasteiger partial charge in [-0.25, -0.2) is 0 Å². The largest absolute Gasteiger partial charge is 0.506 e. The van der Waals surface area contributed by atoms with Gasteiger partial charge >= 0.3 is 34.0 Å². The van der Waals surface area contributed by atoms with E-state index in [0.717, 1.165) is 32.4 Å². The van der Waals surface area contributed by atoms with E-state index in [0.29, 0.717) is 18.2 Å². The Morgan fingerprint density at radius 3 is 1.69 bits per heavy atom. The summed E-state index contributed by atoms with van der Waals surface area (Å²) < 4.78 is 51.7. The molecule has 61 heavy (non-hydrogen) atoms. The molecule has 2 aromatic carbocycles. The number of rotatable bonds is 20. The Balaban J connectivity index is 1.83. The van der Waals surface area contributed by atoms with Crippen molar-refractivity contribution in [2.75, 3.05) is 59.5 Å². The number of nitro groups is 2. The highest BCUT2D eigenvalue weighted by Gasteiger charge is 2.41. The number of Topliss-reactive ketones (excluding diaryl/α,β-unsaturated/α-hetero) is 1. The van der Waals surface area contributed by atoms with Crippen LogP contribution in [0.5, 0.6) is 5.75 Å². The van der Waals surface area contributed by atoms with Gasteiger partial charge in [0.1, 0.15) is 5.76 Å². The summed E-state index contributed by atoms with van der Waals surface area (Å²) in [5.74, 6) is -5.63. The number of carbonyl (C=O) groups excluding carboxylic acids is 6. The molecule has 324 valence electrons. The monoisotopic (exact) mass is 870 g/mol. The van der Waals surface area contributed by atoms with Crippen LogP contribution >= 0.6 is 0 Å². The number of non-ortho nitro benzene ring substituents is 1. The lowest BCUT2D eigenvalue weighted by Gasteiger charge is -2.29. The molecule has 0 saturated carbocycles. The second kappa shape index (κ2) is 20.0. The molecule has 0 spiro atoms. The fraction of sp³-hybridized carbons (Fsp3) is 0.316. The van der Waals surface area contributed by atoms with Gasteiger partial charge in [0.15, 0.2) is 16.4 Å². The molecule has 23 heteroatoms. The summed E-state index contributed by atoms with van der Waals surface area (Å²) in [5, 5.41) is 34.6. The van der Waals surface area contributed by atoms with E-state index in [4.69, 9.17) is 13.7 Å². The number of esters is 4. The van der Waals surface area contributed by atoms with Gasteiger partial charge in [0.05, 0.1) is 81.2 Å². The molecule has 2 aliphatic rings. The summed E-state index contributed by atoms with van der Waals surface area (Å²) in [5.41, 5.74) is -3.37. The first-order chi connectivity index (χ1) is 28.9. The molecule has 0 aliphatic heterocycles. The number of hydrogen-bond acceptors (Lipinski definition) is 20. The molecule has 0 heterocycles. The van der Waals surface area contributed by atoms with E-state index in [1.54, 1.807) is 0 Å². The van der Waals surface area contributed by atoms with E-state index in [2.05, 4.69) is 9.47 Å². The maximum absolute atomic E-state index is 13.9. The van der Waals surface area contributed by atoms with Gasteiger partial charge in [-0.15, -0.1) is 0 Å².